The summed E-state index contributed by atoms with van der Waals surface area (Å²) in [5.41, 5.74) is 3.54. The van der Waals surface area contributed by atoms with Crippen molar-refractivity contribution in [3.05, 3.63) is 35.7 Å². The quantitative estimate of drug-likeness (QED) is 0.584. The summed E-state index contributed by atoms with van der Waals surface area (Å²) in [6.07, 6.45) is 5.03. The van der Waals surface area contributed by atoms with Gasteiger partial charge in [-0.25, -0.2) is 4.39 Å². The number of alkyl halides is 1. The van der Waals surface area contributed by atoms with E-state index in [0.717, 1.165) is 12.8 Å². The van der Waals surface area contributed by atoms with Crippen molar-refractivity contribution in [3.8, 4) is 0 Å². The minimum absolute atomic E-state index is 0.210. The first kappa shape index (κ1) is 19.9. The van der Waals surface area contributed by atoms with Gasteiger partial charge in [0.25, 0.3) is 5.91 Å². The van der Waals surface area contributed by atoms with Crippen LogP contribution >= 0.6 is 0 Å². The first-order chi connectivity index (χ1) is 13.4. The standard InChI is InChI=1S/C19H22FN3O5/c1-2-19(18(27)22-14(8-17(25)26)16(24)10-20)9-15(23-28-19)13-7-12(5-6-21-13)11-3-4-11/h5-7,9,11,14,23H,2-4,8,10H2,1H3,(H,22,27)(H,25,26). The van der Waals surface area contributed by atoms with Crippen molar-refractivity contribution in [3.63, 3.8) is 0 Å². The predicted octanol–water partition coefficient (Wildman–Crippen LogP) is 1.48. The lowest BCUT2D eigenvalue weighted by Gasteiger charge is -2.25. The number of Topliss-reactive ketones (excluding diaryl/α,β-unsaturated/α-hetero) is 1. The molecule has 1 saturated carbocycles. The molecule has 3 rings (SSSR count). The molecule has 3 N–H and O–H groups in total. The highest BCUT2D eigenvalue weighted by molar-refractivity contribution is 5.96. The van der Waals surface area contributed by atoms with Gasteiger partial charge in [0.2, 0.25) is 0 Å². The Morgan fingerprint density at radius 2 is 2.21 bits per heavy atom. The number of hydrogen-bond donors (Lipinski definition) is 3. The Balaban J connectivity index is 1.80. The summed E-state index contributed by atoms with van der Waals surface area (Å²) in [5, 5.41) is 11.2. The lowest BCUT2D eigenvalue weighted by atomic mass is 9.96. The molecule has 1 amide bonds. The van der Waals surface area contributed by atoms with Crippen LogP contribution in [-0.2, 0) is 19.2 Å². The maximum absolute atomic E-state index is 12.8. The zero-order valence-electron chi connectivity index (χ0n) is 15.4. The average Bonchev–Trinajstić information content (AvgIpc) is 3.45. The topological polar surface area (TPSA) is 118 Å². The third kappa shape index (κ3) is 4.19. The monoisotopic (exact) mass is 391 g/mol. The van der Waals surface area contributed by atoms with E-state index in [0.29, 0.717) is 17.3 Å². The van der Waals surface area contributed by atoms with E-state index in [1.807, 2.05) is 12.1 Å². The van der Waals surface area contributed by atoms with Crippen LogP contribution in [0.25, 0.3) is 5.70 Å². The Bertz CT molecular complexity index is 824. The van der Waals surface area contributed by atoms with Crippen molar-refractivity contribution in [2.45, 2.75) is 50.2 Å². The number of hydroxylamine groups is 1. The molecule has 0 radical (unpaired) electrons. The van der Waals surface area contributed by atoms with Crippen molar-refractivity contribution < 1.29 is 28.7 Å². The fraction of sp³-hybridized carbons (Fsp3) is 0.474. The number of rotatable bonds is 9. The summed E-state index contributed by atoms with van der Waals surface area (Å²) >= 11 is 0. The number of pyridine rings is 1. The van der Waals surface area contributed by atoms with Crippen molar-refractivity contribution in [2.24, 2.45) is 0 Å². The zero-order chi connectivity index (χ0) is 20.3. The Labute approximate surface area is 161 Å². The summed E-state index contributed by atoms with van der Waals surface area (Å²) in [6, 6.07) is 2.43. The molecule has 1 aromatic rings. The molecule has 2 atom stereocenters. The molecule has 0 saturated heterocycles. The Morgan fingerprint density at radius 3 is 2.82 bits per heavy atom. The van der Waals surface area contributed by atoms with Crippen LogP contribution in [0.5, 0.6) is 0 Å². The molecule has 0 bridgehead atoms. The maximum atomic E-state index is 12.8. The minimum Gasteiger partial charge on any atom is -0.481 e. The maximum Gasteiger partial charge on any atom is 0.305 e. The lowest BCUT2D eigenvalue weighted by Crippen LogP contribution is -2.53. The minimum atomic E-state index is -1.46. The van der Waals surface area contributed by atoms with Gasteiger partial charge in [0.05, 0.1) is 17.8 Å². The van der Waals surface area contributed by atoms with Crippen LogP contribution in [0.2, 0.25) is 0 Å². The zero-order valence-corrected chi connectivity index (χ0v) is 15.4. The number of carboxylic acid groups (broad SMARTS) is 1. The highest BCUT2D eigenvalue weighted by atomic mass is 19.1. The molecule has 150 valence electrons. The highest BCUT2D eigenvalue weighted by Crippen LogP contribution is 2.40. The van der Waals surface area contributed by atoms with Crippen molar-refractivity contribution >= 4 is 23.4 Å². The summed E-state index contributed by atoms with van der Waals surface area (Å²) in [6.45, 7) is 0.341. The van der Waals surface area contributed by atoms with E-state index in [4.69, 9.17) is 9.94 Å². The molecular weight excluding hydrogens is 369 g/mol. The number of aromatic nitrogens is 1. The van der Waals surface area contributed by atoms with Gasteiger partial charge in [-0.3, -0.25) is 29.7 Å². The normalized spacial score (nSPS) is 22.1. The fourth-order valence-corrected chi connectivity index (χ4v) is 3.07. The number of amides is 1. The first-order valence-corrected chi connectivity index (χ1v) is 9.13. The van der Waals surface area contributed by atoms with E-state index < -0.39 is 42.4 Å². The van der Waals surface area contributed by atoms with Gasteiger partial charge in [-0.2, -0.15) is 0 Å². The van der Waals surface area contributed by atoms with Crippen LogP contribution in [0.1, 0.15) is 49.8 Å². The number of nitrogens with zero attached hydrogens (tertiary/aromatic N) is 1. The molecule has 1 aromatic heterocycles. The largest absolute Gasteiger partial charge is 0.481 e. The van der Waals surface area contributed by atoms with Crippen LogP contribution < -0.4 is 10.8 Å². The predicted molar refractivity (Wildman–Crippen MR) is 96.6 cm³/mol. The summed E-state index contributed by atoms with van der Waals surface area (Å²) in [5.74, 6) is -2.51. The second-order valence-electron chi connectivity index (χ2n) is 6.98. The Kier molecular flexibility index (Phi) is 5.73. The Hall–Kier alpha value is -2.81. The number of ketones is 1. The van der Waals surface area contributed by atoms with E-state index in [2.05, 4.69) is 15.8 Å². The smallest absolute Gasteiger partial charge is 0.305 e. The van der Waals surface area contributed by atoms with Gasteiger partial charge in [-0.05, 0) is 49.0 Å². The highest BCUT2D eigenvalue weighted by Gasteiger charge is 2.43. The Morgan fingerprint density at radius 1 is 1.46 bits per heavy atom. The molecule has 1 aliphatic heterocycles. The van der Waals surface area contributed by atoms with Crippen LogP contribution in [0, 0.1) is 0 Å². The molecule has 28 heavy (non-hydrogen) atoms. The molecule has 8 nitrogen and oxygen atoms in total. The summed E-state index contributed by atoms with van der Waals surface area (Å²) in [4.78, 5) is 45.1. The van der Waals surface area contributed by atoms with E-state index in [1.165, 1.54) is 5.56 Å². The number of carbonyl (C=O) groups is 3. The van der Waals surface area contributed by atoms with Crippen LogP contribution in [-0.4, -0.2) is 46.1 Å². The van der Waals surface area contributed by atoms with Gasteiger partial charge in [0, 0.05) is 6.20 Å². The van der Waals surface area contributed by atoms with Crippen LogP contribution in [0.3, 0.4) is 0 Å². The molecule has 2 unspecified atom stereocenters. The summed E-state index contributed by atoms with van der Waals surface area (Å²) < 4.78 is 12.7. The third-order valence-corrected chi connectivity index (χ3v) is 4.94. The van der Waals surface area contributed by atoms with E-state index in [1.54, 1.807) is 19.2 Å². The number of aliphatic carboxylic acids is 1. The van der Waals surface area contributed by atoms with Crippen LogP contribution in [0.15, 0.2) is 24.4 Å². The van der Waals surface area contributed by atoms with Gasteiger partial charge in [0.15, 0.2) is 11.4 Å². The number of nitrogens with one attached hydrogen (secondary N) is 2. The molecule has 1 aliphatic carbocycles. The second kappa shape index (κ2) is 8.05. The van der Waals surface area contributed by atoms with E-state index >= 15 is 0 Å². The number of halogens is 1. The van der Waals surface area contributed by atoms with Gasteiger partial charge in [-0.1, -0.05) is 6.92 Å². The molecule has 0 spiro atoms. The molecule has 0 aromatic carbocycles. The van der Waals surface area contributed by atoms with Gasteiger partial charge in [0.1, 0.15) is 12.7 Å². The summed E-state index contributed by atoms with van der Waals surface area (Å²) in [7, 11) is 0. The fourth-order valence-electron chi connectivity index (χ4n) is 3.07. The van der Waals surface area contributed by atoms with Crippen molar-refractivity contribution in [2.75, 3.05) is 6.67 Å². The molecule has 9 heteroatoms. The van der Waals surface area contributed by atoms with Crippen molar-refractivity contribution in [1.82, 2.24) is 15.8 Å². The molecule has 2 heterocycles. The van der Waals surface area contributed by atoms with E-state index in [-0.39, 0.29) is 6.42 Å². The van der Waals surface area contributed by atoms with Gasteiger partial charge >= 0.3 is 5.97 Å². The number of carboxylic acids is 1. The number of hydrogen-bond acceptors (Lipinski definition) is 6. The first-order valence-electron chi connectivity index (χ1n) is 9.13. The number of carbonyl (C=O) groups excluding carboxylic acids is 2. The van der Waals surface area contributed by atoms with Crippen LogP contribution in [0.4, 0.5) is 4.39 Å². The van der Waals surface area contributed by atoms with E-state index in [9.17, 15) is 18.8 Å². The van der Waals surface area contributed by atoms with Gasteiger partial charge < -0.3 is 10.4 Å². The van der Waals surface area contributed by atoms with Gasteiger partial charge in [-0.15, -0.1) is 0 Å². The second-order valence-corrected chi connectivity index (χ2v) is 6.98. The lowest BCUT2D eigenvalue weighted by molar-refractivity contribution is -0.147. The molecule has 1 fully saturated rings. The SMILES string of the molecule is CCC1(C(=O)NC(CC(=O)O)C(=O)CF)C=C(c2cc(C3CC3)ccn2)NO1. The molecular formula is C19H22FN3O5. The average molecular weight is 391 g/mol. The van der Waals surface area contributed by atoms with Crippen molar-refractivity contribution in [1.29, 1.82) is 0 Å². The molecule has 2 aliphatic rings. The third-order valence-electron chi connectivity index (χ3n) is 4.94.